The van der Waals surface area contributed by atoms with Gasteiger partial charge in [-0.3, -0.25) is 0 Å². The summed E-state index contributed by atoms with van der Waals surface area (Å²) in [7, 11) is -0.438. The van der Waals surface area contributed by atoms with E-state index in [1.807, 2.05) is 13.8 Å². The van der Waals surface area contributed by atoms with Crippen molar-refractivity contribution in [2.75, 3.05) is 20.6 Å². The third-order valence-electron chi connectivity index (χ3n) is 2.54. The summed E-state index contributed by atoms with van der Waals surface area (Å²) in [5.74, 6) is 0.141. The predicted octanol–water partition coefficient (Wildman–Crippen LogP) is -0.244. The lowest BCUT2D eigenvalue weighted by Gasteiger charge is -2.34. The highest BCUT2D eigenvalue weighted by molar-refractivity contribution is 7.87. The molecule has 0 aromatic rings. The van der Waals surface area contributed by atoms with Gasteiger partial charge >= 0.3 is 0 Å². The van der Waals surface area contributed by atoms with Crippen LogP contribution in [0.25, 0.3) is 0 Å². The van der Waals surface area contributed by atoms with E-state index in [1.54, 1.807) is 6.92 Å². The van der Waals surface area contributed by atoms with Crippen LogP contribution in [-0.4, -0.2) is 38.9 Å². The Labute approximate surface area is 86.8 Å². The number of nitrogens with two attached hydrogens (primary N) is 1. The number of hydrogen-bond acceptors (Lipinski definition) is 3. The van der Waals surface area contributed by atoms with E-state index in [0.29, 0.717) is 0 Å². The van der Waals surface area contributed by atoms with Crippen molar-refractivity contribution in [3.63, 3.8) is 0 Å². The van der Waals surface area contributed by atoms with Crippen LogP contribution in [0.2, 0.25) is 0 Å². The van der Waals surface area contributed by atoms with Gasteiger partial charge < -0.3 is 5.73 Å². The van der Waals surface area contributed by atoms with Gasteiger partial charge in [0.25, 0.3) is 10.2 Å². The minimum atomic E-state index is -3.41. The molecule has 0 rings (SSSR count). The molecule has 0 saturated heterocycles. The van der Waals surface area contributed by atoms with Crippen LogP contribution in [0.1, 0.15) is 20.8 Å². The van der Waals surface area contributed by atoms with E-state index in [1.165, 1.54) is 14.1 Å². The van der Waals surface area contributed by atoms with E-state index < -0.39 is 15.7 Å². The highest BCUT2D eigenvalue weighted by atomic mass is 32.2. The molecule has 0 radical (unpaired) electrons. The SMILES string of the molecule is CC(C)C(C)(CN)NS(=O)(=O)N(C)C. The van der Waals surface area contributed by atoms with Gasteiger partial charge in [-0.2, -0.15) is 17.4 Å². The summed E-state index contributed by atoms with van der Waals surface area (Å²) in [5, 5.41) is 0. The third-order valence-corrected chi connectivity index (χ3v) is 4.23. The molecule has 86 valence electrons. The monoisotopic (exact) mass is 223 g/mol. The fourth-order valence-corrected chi connectivity index (χ4v) is 1.87. The van der Waals surface area contributed by atoms with Crippen LogP contribution in [-0.2, 0) is 10.2 Å². The molecule has 1 unspecified atom stereocenters. The fourth-order valence-electron chi connectivity index (χ4n) is 0.781. The molecule has 0 aromatic carbocycles. The molecule has 0 heterocycles. The summed E-state index contributed by atoms with van der Waals surface area (Å²) < 4.78 is 26.9. The van der Waals surface area contributed by atoms with Gasteiger partial charge in [0.15, 0.2) is 0 Å². The average molecular weight is 223 g/mol. The molecule has 0 spiro atoms. The molecule has 0 aliphatic rings. The maximum Gasteiger partial charge on any atom is 0.279 e. The molecule has 0 fully saturated rings. The van der Waals surface area contributed by atoms with Crippen LogP contribution < -0.4 is 10.5 Å². The molecule has 0 aliphatic heterocycles. The number of rotatable bonds is 5. The minimum Gasteiger partial charge on any atom is -0.329 e. The summed E-state index contributed by atoms with van der Waals surface area (Å²) in [6.45, 7) is 5.95. The first kappa shape index (κ1) is 13.8. The Morgan fingerprint density at radius 1 is 1.43 bits per heavy atom. The summed E-state index contributed by atoms with van der Waals surface area (Å²) in [5.41, 5.74) is 4.98. The molecular formula is C8H21N3O2S. The Hall–Kier alpha value is -0.170. The minimum absolute atomic E-state index is 0.141. The van der Waals surface area contributed by atoms with Gasteiger partial charge in [0.1, 0.15) is 0 Å². The molecule has 0 amide bonds. The van der Waals surface area contributed by atoms with Crippen LogP contribution in [0.15, 0.2) is 0 Å². The molecule has 14 heavy (non-hydrogen) atoms. The normalized spacial score (nSPS) is 17.4. The Morgan fingerprint density at radius 3 is 2.07 bits per heavy atom. The molecule has 0 aromatic heterocycles. The molecular weight excluding hydrogens is 202 g/mol. The fraction of sp³-hybridized carbons (Fsp3) is 1.00. The summed E-state index contributed by atoms with van der Waals surface area (Å²) in [4.78, 5) is 0. The second-order valence-electron chi connectivity index (χ2n) is 4.17. The highest BCUT2D eigenvalue weighted by Crippen LogP contribution is 2.16. The van der Waals surface area contributed by atoms with Crippen LogP contribution in [0.4, 0.5) is 0 Å². The Balaban J connectivity index is 4.81. The smallest absolute Gasteiger partial charge is 0.279 e. The summed E-state index contributed by atoms with van der Waals surface area (Å²) >= 11 is 0. The van der Waals surface area contributed by atoms with Crippen molar-refractivity contribution in [1.82, 2.24) is 9.03 Å². The van der Waals surface area contributed by atoms with E-state index in [2.05, 4.69) is 4.72 Å². The first-order valence-electron chi connectivity index (χ1n) is 4.57. The van der Waals surface area contributed by atoms with E-state index in [4.69, 9.17) is 5.73 Å². The third kappa shape index (κ3) is 3.20. The molecule has 1 atom stereocenters. The Morgan fingerprint density at radius 2 is 1.86 bits per heavy atom. The van der Waals surface area contributed by atoms with Crippen molar-refractivity contribution >= 4 is 10.2 Å². The summed E-state index contributed by atoms with van der Waals surface area (Å²) in [6.07, 6.45) is 0. The number of hydrogen-bond donors (Lipinski definition) is 2. The molecule has 6 heteroatoms. The van der Waals surface area contributed by atoms with Crippen molar-refractivity contribution in [2.45, 2.75) is 26.3 Å². The lowest BCUT2D eigenvalue weighted by atomic mass is 9.90. The maximum atomic E-state index is 11.6. The van der Waals surface area contributed by atoms with Gasteiger partial charge in [-0.15, -0.1) is 0 Å². The first-order valence-corrected chi connectivity index (χ1v) is 6.01. The zero-order valence-corrected chi connectivity index (χ0v) is 10.4. The van der Waals surface area contributed by atoms with Crippen molar-refractivity contribution in [2.24, 2.45) is 11.7 Å². The average Bonchev–Trinajstić information content (AvgIpc) is 2.02. The molecule has 0 bridgehead atoms. The number of nitrogens with zero attached hydrogens (tertiary/aromatic N) is 1. The van der Waals surface area contributed by atoms with Crippen LogP contribution in [0.3, 0.4) is 0 Å². The maximum absolute atomic E-state index is 11.6. The first-order chi connectivity index (χ1) is 6.15. The van der Waals surface area contributed by atoms with Gasteiger partial charge in [-0.05, 0) is 12.8 Å². The predicted molar refractivity (Wildman–Crippen MR) is 58.0 cm³/mol. The van der Waals surface area contributed by atoms with Gasteiger partial charge in [0.2, 0.25) is 0 Å². The van der Waals surface area contributed by atoms with E-state index >= 15 is 0 Å². The van der Waals surface area contributed by atoms with Crippen molar-refractivity contribution in [3.8, 4) is 0 Å². The molecule has 3 N–H and O–H groups in total. The second kappa shape index (κ2) is 4.57. The topological polar surface area (TPSA) is 75.4 Å². The van der Waals surface area contributed by atoms with Gasteiger partial charge in [-0.1, -0.05) is 13.8 Å². The van der Waals surface area contributed by atoms with Gasteiger partial charge in [-0.25, -0.2) is 0 Å². The van der Waals surface area contributed by atoms with Crippen LogP contribution in [0, 0.1) is 5.92 Å². The molecule has 0 saturated carbocycles. The van der Waals surface area contributed by atoms with E-state index in [-0.39, 0.29) is 12.5 Å². The Bertz CT molecular complexity index is 274. The van der Waals surface area contributed by atoms with Crippen LogP contribution >= 0.6 is 0 Å². The van der Waals surface area contributed by atoms with E-state index in [0.717, 1.165) is 4.31 Å². The zero-order chi connectivity index (χ0) is 11.6. The zero-order valence-electron chi connectivity index (χ0n) is 9.53. The second-order valence-corrected chi connectivity index (χ2v) is 6.05. The summed E-state index contributed by atoms with van der Waals surface area (Å²) in [6, 6.07) is 0. The van der Waals surface area contributed by atoms with Crippen molar-refractivity contribution in [1.29, 1.82) is 0 Å². The highest BCUT2D eigenvalue weighted by Gasteiger charge is 2.32. The van der Waals surface area contributed by atoms with Gasteiger partial charge in [0, 0.05) is 26.2 Å². The van der Waals surface area contributed by atoms with E-state index in [9.17, 15) is 8.42 Å². The lowest BCUT2D eigenvalue weighted by Crippen LogP contribution is -2.57. The lowest BCUT2D eigenvalue weighted by molar-refractivity contribution is 0.307. The van der Waals surface area contributed by atoms with Crippen molar-refractivity contribution < 1.29 is 8.42 Å². The Kier molecular flexibility index (Phi) is 4.51. The van der Waals surface area contributed by atoms with Gasteiger partial charge in [0.05, 0.1) is 0 Å². The largest absolute Gasteiger partial charge is 0.329 e. The number of nitrogens with one attached hydrogen (secondary N) is 1. The standard InChI is InChI=1S/C8H21N3O2S/c1-7(2)8(3,6-9)10-14(12,13)11(4)5/h7,10H,6,9H2,1-5H3. The quantitative estimate of drug-likeness (QED) is 0.675. The van der Waals surface area contributed by atoms with Crippen molar-refractivity contribution in [3.05, 3.63) is 0 Å². The molecule has 0 aliphatic carbocycles. The molecule has 5 nitrogen and oxygen atoms in total. The van der Waals surface area contributed by atoms with Crippen LogP contribution in [0.5, 0.6) is 0 Å².